The van der Waals surface area contributed by atoms with Gasteiger partial charge in [-0.1, -0.05) is 166 Å². The molecule has 0 saturated carbocycles. The Kier molecular flexibility index (Phi) is 10.2. The molecule has 0 fully saturated rings. The van der Waals surface area contributed by atoms with E-state index in [1.165, 1.54) is 98.1 Å². The molecule has 304 valence electrons. The lowest BCUT2D eigenvalue weighted by Crippen LogP contribution is -1.97. The Labute approximate surface area is 368 Å². The molecule has 0 aliphatic carbocycles. The van der Waals surface area contributed by atoms with E-state index in [0.717, 1.165) is 46.0 Å². The minimum absolute atomic E-state index is 0.728. The van der Waals surface area contributed by atoms with Crippen LogP contribution in [0.5, 0.6) is 0 Å². The molecule has 4 nitrogen and oxygen atoms in total. The smallest absolute Gasteiger partial charge is 0.160 e. The van der Waals surface area contributed by atoms with Crippen molar-refractivity contribution in [1.82, 2.24) is 19.1 Å². The third kappa shape index (κ3) is 7.28. The number of hydrogen-bond acceptors (Lipinski definition) is 2. The Balaban J connectivity index is 0.946. The highest BCUT2D eigenvalue weighted by Crippen LogP contribution is 2.39. The van der Waals surface area contributed by atoms with Crippen LogP contribution in [-0.2, 0) is 6.42 Å². The topological polar surface area (TPSA) is 35.6 Å². The lowest BCUT2D eigenvalue weighted by atomic mass is 10.0. The predicted octanol–water partition coefficient (Wildman–Crippen LogP) is 15.9. The van der Waals surface area contributed by atoms with Crippen molar-refractivity contribution in [2.45, 2.75) is 45.4 Å². The van der Waals surface area contributed by atoms with Gasteiger partial charge in [-0.15, -0.1) is 0 Å². The molecule has 3 aromatic heterocycles. The third-order valence-electron chi connectivity index (χ3n) is 12.7. The molecule has 0 spiro atoms. The summed E-state index contributed by atoms with van der Waals surface area (Å²) in [7, 11) is 0. The standard InChI is InChI=1S/C59H48N4/c1-2-3-4-5-8-17-41-26-28-42(29-27-41)53-40-54(61-59(60-53)44-18-9-6-10-19-44)43-30-34-48(35-31-43)63-56-25-16-14-23-50(56)52-39-46(33-37-58(52)63)45-32-36-57-51(38-45)49-22-13-15-24-55(49)62(57)47-20-11-7-12-21-47/h6-7,9-16,18-40H,2-5,8,17H2,1H3. The molecule has 0 atom stereocenters. The fraction of sp³-hybridized carbons (Fsp3) is 0.119. The first-order valence-electron chi connectivity index (χ1n) is 22.5. The number of fused-ring (bicyclic) bond motifs is 6. The second kappa shape index (κ2) is 16.7. The first-order chi connectivity index (χ1) is 31.2. The molecule has 0 aliphatic heterocycles. The van der Waals surface area contributed by atoms with Gasteiger partial charge in [0.1, 0.15) is 0 Å². The molecule has 0 saturated heterocycles. The second-order valence-electron chi connectivity index (χ2n) is 16.7. The summed E-state index contributed by atoms with van der Waals surface area (Å²) < 4.78 is 4.76. The Morgan fingerprint density at radius 1 is 0.349 bits per heavy atom. The lowest BCUT2D eigenvalue weighted by Gasteiger charge is -2.12. The molecule has 63 heavy (non-hydrogen) atoms. The van der Waals surface area contributed by atoms with Crippen LogP contribution in [0.1, 0.15) is 44.6 Å². The number of benzene rings is 8. The van der Waals surface area contributed by atoms with Gasteiger partial charge in [0.05, 0.1) is 33.5 Å². The molecule has 0 aliphatic rings. The number of hydrogen-bond donors (Lipinski definition) is 0. The van der Waals surface area contributed by atoms with E-state index in [-0.39, 0.29) is 0 Å². The maximum atomic E-state index is 5.15. The van der Waals surface area contributed by atoms with Gasteiger partial charge in [0.15, 0.2) is 5.82 Å². The van der Waals surface area contributed by atoms with Gasteiger partial charge in [-0.25, -0.2) is 9.97 Å². The molecule has 11 aromatic rings. The molecule has 0 bridgehead atoms. The van der Waals surface area contributed by atoms with E-state index in [4.69, 9.17) is 9.97 Å². The fourth-order valence-corrected chi connectivity index (χ4v) is 9.45. The molecular formula is C59H48N4. The van der Waals surface area contributed by atoms with E-state index in [1.54, 1.807) is 0 Å². The highest BCUT2D eigenvalue weighted by molar-refractivity contribution is 6.12. The zero-order chi connectivity index (χ0) is 42.1. The van der Waals surface area contributed by atoms with E-state index in [2.05, 4.69) is 198 Å². The first-order valence-corrected chi connectivity index (χ1v) is 22.5. The van der Waals surface area contributed by atoms with Crippen molar-refractivity contribution < 1.29 is 0 Å². The number of unbranched alkanes of at least 4 members (excludes halogenated alkanes) is 4. The minimum Gasteiger partial charge on any atom is -0.309 e. The first kappa shape index (κ1) is 38.4. The van der Waals surface area contributed by atoms with E-state index in [9.17, 15) is 0 Å². The van der Waals surface area contributed by atoms with Crippen LogP contribution < -0.4 is 0 Å². The lowest BCUT2D eigenvalue weighted by molar-refractivity contribution is 0.632. The Bertz CT molecular complexity index is 3380. The van der Waals surface area contributed by atoms with Crippen LogP contribution in [-0.4, -0.2) is 19.1 Å². The summed E-state index contributed by atoms with van der Waals surface area (Å²) in [4.78, 5) is 10.3. The Morgan fingerprint density at radius 3 is 1.38 bits per heavy atom. The van der Waals surface area contributed by atoms with E-state index >= 15 is 0 Å². The van der Waals surface area contributed by atoms with Crippen LogP contribution in [0.25, 0.3) is 100 Å². The molecule has 8 aromatic carbocycles. The number of nitrogens with zero attached hydrogens (tertiary/aromatic N) is 4. The van der Waals surface area contributed by atoms with Gasteiger partial charge in [0.2, 0.25) is 0 Å². The van der Waals surface area contributed by atoms with E-state index < -0.39 is 0 Å². The summed E-state index contributed by atoms with van der Waals surface area (Å²) in [6, 6.07) is 72.3. The van der Waals surface area contributed by atoms with Gasteiger partial charge >= 0.3 is 0 Å². The number of rotatable bonds is 12. The Hall–Kier alpha value is -7.56. The van der Waals surface area contributed by atoms with Crippen LogP contribution in [0.3, 0.4) is 0 Å². The summed E-state index contributed by atoms with van der Waals surface area (Å²) in [5.74, 6) is 0.728. The Morgan fingerprint density at radius 2 is 0.810 bits per heavy atom. The third-order valence-corrected chi connectivity index (χ3v) is 12.7. The van der Waals surface area contributed by atoms with Crippen molar-refractivity contribution in [3.63, 3.8) is 0 Å². The molecule has 4 heteroatoms. The van der Waals surface area contributed by atoms with Gasteiger partial charge in [-0.05, 0) is 96.3 Å². The molecule has 0 N–H and O–H groups in total. The van der Waals surface area contributed by atoms with Gasteiger partial charge < -0.3 is 9.13 Å². The predicted molar refractivity (Wildman–Crippen MR) is 265 cm³/mol. The van der Waals surface area contributed by atoms with Crippen molar-refractivity contribution in [2.24, 2.45) is 0 Å². The zero-order valence-corrected chi connectivity index (χ0v) is 35.6. The quantitative estimate of drug-likeness (QED) is 0.115. The molecule has 0 unspecified atom stereocenters. The number of aromatic nitrogens is 4. The summed E-state index contributed by atoms with van der Waals surface area (Å²) >= 11 is 0. The fourth-order valence-electron chi connectivity index (χ4n) is 9.45. The van der Waals surface area contributed by atoms with Gasteiger partial charge in [-0.2, -0.15) is 0 Å². The minimum atomic E-state index is 0.728. The molecule has 0 radical (unpaired) electrons. The van der Waals surface area contributed by atoms with Crippen LogP contribution in [0, 0.1) is 0 Å². The molecule has 3 heterocycles. The summed E-state index contributed by atoms with van der Waals surface area (Å²) in [6.07, 6.45) is 7.57. The maximum absolute atomic E-state index is 5.15. The molecule has 0 amide bonds. The van der Waals surface area contributed by atoms with Gasteiger partial charge in [0, 0.05) is 49.6 Å². The monoisotopic (exact) mass is 812 g/mol. The van der Waals surface area contributed by atoms with Gasteiger partial charge in [-0.3, -0.25) is 0 Å². The number of para-hydroxylation sites is 3. The van der Waals surface area contributed by atoms with Crippen molar-refractivity contribution in [3.05, 3.63) is 206 Å². The van der Waals surface area contributed by atoms with E-state index in [1.807, 2.05) is 18.2 Å². The maximum Gasteiger partial charge on any atom is 0.160 e. The average Bonchev–Trinajstić information content (AvgIpc) is 3.87. The summed E-state index contributed by atoms with van der Waals surface area (Å²) in [6.45, 7) is 2.27. The number of aryl methyl sites for hydroxylation is 1. The second-order valence-corrected chi connectivity index (χ2v) is 16.7. The van der Waals surface area contributed by atoms with Crippen molar-refractivity contribution in [3.8, 4) is 56.4 Å². The summed E-state index contributed by atoms with van der Waals surface area (Å²) in [5.41, 5.74) is 15.8. The van der Waals surface area contributed by atoms with Gasteiger partial charge in [0.25, 0.3) is 0 Å². The largest absolute Gasteiger partial charge is 0.309 e. The van der Waals surface area contributed by atoms with Crippen LogP contribution in [0.2, 0.25) is 0 Å². The summed E-state index contributed by atoms with van der Waals surface area (Å²) in [5, 5.41) is 4.97. The SMILES string of the molecule is CCCCCCCc1ccc(-c2cc(-c3ccc(-n4c5ccccc5c5cc(-c6ccc7c(c6)c6ccccc6n7-c6ccccc6)ccc54)cc3)nc(-c3ccccc3)n2)cc1. The van der Waals surface area contributed by atoms with Crippen molar-refractivity contribution in [1.29, 1.82) is 0 Å². The molecular weight excluding hydrogens is 765 g/mol. The highest BCUT2D eigenvalue weighted by Gasteiger charge is 2.17. The highest BCUT2D eigenvalue weighted by atomic mass is 15.0. The van der Waals surface area contributed by atoms with E-state index in [0.29, 0.717) is 0 Å². The van der Waals surface area contributed by atoms with Crippen LogP contribution in [0.4, 0.5) is 0 Å². The van der Waals surface area contributed by atoms with Crippen LogP contribution >= 0.6 is 0 Å². The molecule has 11 rings (SSSR count). The normalized spacial score (nSPS) is 11.6. The van der Waals surface area contributed by atoms with Crippen LogP contribution in [0.15, 0.2) is 200 Å². The zero-order valence-electron chi connectivity index (χ0n) is 35.6. The van der Waals surface area contributed by atoms with Crippen molar-refractivity contribution in [2.75, 3.05) is 0 Å². The average molecular weight is 813 g/mol. The van der Waals surface area contributed by atoms with Crippen molar-refractivity contribution >= 4 is 43.6 Å².